The Bertz CT molecular complexity index is 569. The van der Waals surface area contributed by atoms with Crippen LogP contribution in [0, 0.1) is 0 Å². The third-order valence-corrected chi connectivity index (χ3v) is 2.87. The Labute approximate surface area is 129 Å². The molecule has 0 aliphatic heterocycles. The van der Waals surface area contributed by atoms with Gasteiger partial charge in [0.25, 0.3) is 0 Å². The van der Waals surface area contributed by atoms with Crippen molar-refractivity contribution in [3.8, 4) is 5.75 Å². The third-order valence-electron chi connectivity index (χ3n) is 2.67. The quantitative estimate of drug-likeness (QED) is 0.481. The molecule has 0 aliphatic rings. The van der Waals surface area contributed by atoms with Crippen molar-refractivity contribution in [1.82, 2.24) is 10.2 Å². The molecule has 0 aliphatic carbocycles. The van der Waals surface area contributed by atoms with E-state index in [-0.39, 0.29) is 0 Å². The molecule has 0 amide bonds. The zero-order valence-electron chi connectivity index (χ0n) is 11.8. The van der Waals surface area contributed by atoms with E-state index < -0.39 is 0 Å². The molecule has 110 valence electrons. The van der Waals surface area contributed by atoms with Crippen LogP contribution >= 0.6 is 11.6 Å². The van der Waals surface area contributed by atoms with E-state index in [9.17, 15) is 0 Å². The van der Waals surface area contributed by atoms with Crippen LogP contribution in [0.3, 0.4) is 0 Å². The normalized spacial score (nSPS) is 10.8. The zero-order chi connectivity index (χ0) is 14.9. The monoisotopic (exact) mass is 304 g/mol. The van der Waals surface area contributed by atoms with Gasteiger partial charge in [0, 0.05) is 0 Å². The minimum absolute atomic E-state index is 0.350. The summed E-state index contributed by atoms with van der Waals surface area (Å²) in [5, 5.41) is 12.0. The molecule has 2 rings (SSSR count). The maximum absolute atomic E-state index is 5.65. The summed E-state index contributed by atoms with van der Waals surface area (Å²) in [7, 11) is 0. The van der Waals surface area contributed by atoms with E-state index >= 15 is 0 Å². The van der Waals surface area contributed by atoms with Crippen LogP contribution in [0.15, 0.2) is 41.5 Å². The lowest BCUT2D eigenvalue weighted by atomic mass is 10.2. The molecule has 0 unspecified atom stereocenters. The maximum Gasteiger partial charge on any atom is 0.168 e. The van der Waals surface area contributed by atoms with Crippen molar-refractivity contribution < 1.29 is 4.74 Å². The van der Waals surface area contributed by atoms with E-state index in [1.807, 2.05) is 24.3 Å². The molecule has 1 aromatic carbocycles. The number of hydrogen-bond acceptors (Lipinski definition) is 5. The number of hydrogen-bond donors (Lipinski definition) is 1. The fourth-order valence-electron chi connectivity index (χ4n) is 1.53. The smallest absolute Gasteiger partial charge is 0.168 e. The summed E-state index contributed by atoms with van der Waals surface area (Å²) < 4.78 is 5.60. The van der Waals surface area contributed by atoms with Gasteiger partial charge < -0.3 is 4.74 Å². The number of nitrogens with zero attached hydrogens (tertiary/aromatic N) is 3. The highest BCUT2D eigenvalue weighted by Gasteiger charge is 1.95. The van der Waals surface area contributed by atoms with Crippen molar-refractivity contribution in [3.05, 3.63) is 47.1 Å². The van der Waals surface area contributed by atoms with Gasteiger partial charge in [-0.3, -0.25) is 5.43 Å². The van der Waals surface area contributed by atoms with Crippen molar-refractivity contribution in [3.63, 3.8) is 0 Å². The lowest BCUT2D eigenvalue weighted by Gasteiger charge is -2.04. The van der Waals surface area contributed by atoms with Crippen LogP contribution in [0.4, 0.5) is 5.82 Å². The second-order valence-electron chi connectivity index (χ2n) is 4.38. The Balaban J connectivity index is 1.84. The molecule has 21 heavy (non-hydrogen) atoms. The Morgan fingerprint density at radius 1 is 1.19 bits per heavy atom. The topological polar surface area (TPSA) is 59.4 Å². The Hall–Kier alpha value is -2.14. The molecular formula is C15H17ClN4O. The molecule has 1 aromatic heterocycles. The number of ether oxygens (including phenoxy) is 1. The SMILES string of the molecule is CCCCOc1ccc(C=NNc2ccc(Cl)nn2)cc1. The van der Waals surface area contributed by atoms with Gasteiger partial charge in [-0.2, -0.15) is 5.10 Å². The number of rotatable bonds is 7. The van der Waals surface area contributed by atoms with E-state index in [0.29, 0.717) is 11.0 Å². The Morgan fingerprint density at radius 3 is 2.67 bits per heavy atom. The molecule has 5 nitrogen and oxygen atoms in total. The molecule has 0 bridgehead atoms. The molecule has 1 N–H and O–H groups in total. The minimum atomic E-state index is 0.350. The maximum atomic E-state index is 5.65. The summed E-state index contributed by atoms with van der Waals surface area (Å²) in [5.41, 5.74) is 3.75. The van der Waals surface area contributed by atoms with Gasteiger partial charge in [-0.05, 0) is 48.4 Å². The molecule has 0 radical (unpaired) electrons. The summed E-state index contributed by atoms with van der Waals surface area (Å²) in [5.74, 6) is 1.41. The van der Waals surface area contributed by atoms with Gasteiger partial charge in [-0.15, -0.1) is 10.2 Å². The van der Waals surface area contributed by atoms with Gasteiger partial charge in [0.15, 0.2) is 11.0 Å². The van der Waals surface area contributed by atoms with Crippen molar-refractivity contribution in [2.75, 3.05) is 12.0 Å². The lowest BCUT2D eigenvalue weighted by Crippen LogP contribution is -1.97. The molecule has 0 atom stereocenters. The number of unbranched alkanes of at least 4 members (excludes halogenated alkanes) is 1. The first-order chi connectivity index (χ1) is 10.3. The molecule has 6 heteroatoms. The molecule has 1 heterocycles. The average Bonchev–Trinajstić information content (AvgIpc) is 2.51. The predicted octanol–water partition coefficient (Wildman–Crippen LogP) is 3.75. The van der Waals surface area contributed by atoms with Gasteiger partial charge in [0.2, 0.25) is 0 Å². The first-order valence-corrected chi connectivity index (χ1v) is 7.17. The lowest BCUT2D eigenvalue weighted by molar-refractivity contribution is 0.309. The highest BCUT2D eigenvalue weighted by Crippen LogP contribution is 2.12. The van der Waals surface area contributed by atoms with Crippen molar-refractivity contribution in [2.45, 2.75) is 19.8 Å². The molecule has 0 spiro atoms. The third kappa shape index (κ3) is 5.39. The van der Waals surface area contributed by atoms with E-state index in [4.69, 9.17) is 16.3 Å². The van der Waals surface area contributed by atoms with Crippen molar-refractivity contribution >= 4 is 23.6 Å². The molecule has 2 aromatic rings. The van der Waals surface area contributed by atoms with Crippen molar-refractivity contribution in [2.24, 2.45) is 5.10 Å². The standard InChI is InChI=1S/C15H17ClN4O/c1-2-3-10-21-13-6-4-12(5-7-13)11-17-19-15-9-8-14(16)18-20-15/h4-9,11H,2-3,10H2,1H3,(H,19,20). The van der Waals surface area contributed by atoms with E-state index in [0.717, 1.165) is 30.8 Å². The zero-order valence-corrected chi connectivity index (χ0v) is 12.5. The molecular weight excluding hydrogens is 288 g/mol. The van der Waals surface area contributed by atoms with Crippen LogP contribution in [-0.2, 0) is 0 Å². The second-order valence-corrected chi connectivity index (χ2v) is 4.77. The molecule has 0 saturated heterocycles. The first-order valence-electron chi connectivity index (χ1n) is 6.79. The summed E-state index contributed by atoms with van der Waals surface area (Å²) in [6.45, 7) is 2.89. The van der Waals surface area contributed by atoms with Gasteiger partial charge in [0.05, 0.1) is 12.8 Å². The number of benzene rings is 1. The summed E-state index contributed by atoms with van der Waals surface area (Å²) in [6.07, 6.45) is 3.89. The highest BCUT2D eigenvalue weighted by atomic mass is 35.5. The first kappa shape index (κ1) is 15.3. The Kier molecular flexibility index (Phi) is 5.97. The van der Waals surface area contributed by atoms with Gasteiger partial charge in [0.1, 0.15) is 5.75 Å². The predicted molar refractivity (Wildman–Crippen MR) is 85.1 cm³/mol. The fourth-order valence-corrected chi connectivity index (χ4v) is 1.63. The summed E-state index contributed by atoms with van der Waals surface area (Å²) in [6, 6.07) is 11.1. The van der Waals surface area contributed by atoms with Crippen LogP contribution < -0.4 is 10.2 Å². The number of anilines is 1. The number of halogens is 1. The van der Waals surface area contributed by atoms with Gasteiger partial charge >= 0.3 is 0 Å². The average molecular weight is 305 g/mol. The number of aromatic nitrogens is 2. The summed E-state index contributed by atoms with van der Waals surface area (Å²) in [4.78, 5) is 0. The molecule has 0 saturated carbocycles. The van der Waals surface area contributed by atoms with Crippen LogP contribution in [0.5, 0.6) is 5.75 Å². The van der Waals surface area contributed by atoms with E-state index in [1.54, 1.807) is 18.3 Å². The largest absolute Gasteiger partial charge is 0.494 e. The minimum Gasteiger partial charge on any atom is -0.494 e. The Morgan fingerprint density at radius 2 is 2.00 bits per heavy atom. The van der Waals surface area contributed by atoms with Gasteiger partial charge in [-0.25, -0.2) is 0 Å². The van der Waals surface area contributed by atoms with Crippen LogP contribution in [0.1, 0.15) is 25.3 Å². The van der Waals surface area contributed by atoms with E-state index in [1.165, 1.54) is 0 Å². The second kappa shape index (κ2) is 8.21. The highest BCUT2D eigenvalue weighted by molar-refractivity contribution is 6.29. The van der Waals surface area contributed by atoms with Crippen molar-refractivity contribution in [1.29, 1.82) is 0 Å². The van der Waals surface area contributed by atoms with Crippen LogP contribution in [-0.4, -0.2) is 23.0 Å². The number of hydrazone groups is 1. The molecule has 0 fully saturated rings. The van der Waals surface area contributed by atoms with E-state index in [2.05, 4.69) is 27.6 Å². The fraction of sp³-hybridized carbons (Fsp3) is 0.267. The van der Waals surface area contributed by atoms with Crippen LogP contribution in [0.2, 0.25) is 5.15 Å². The van der Waals surface area contributed by atoms with Crippen LogP contribution in [0.25, 0.3) is 0 Å². The van der Waals surface area contributed by atoms with Gasteiger partial charge in [-0.1, -0.05) is 24.9 Å². The number of nitrogens with one attached hydrogen (secondary N) is 1. The summed E-state index contributed by atoms with van der Waals surface area (Å²) >= 11 is 5.65.